The second-order valence-corrected chi connectivity index (χ2v) is 9.33. The van der Waals surface area contributed by atoms with Gasteiger partial charge in [-0.3, -0.25) is 4.90 Å². The molecule has 0 radical (unpaired) electrons. The van der Waals surface area contributed by atoms with Crippen LogP contribution in [-0.4, -0.2) is 48.1 Å². The van der Waals surface area contributed by atoms with Crippen LogP contribution in [0, 0.1) is 17.3 Å². The highest BCUT2D eigenvalue weighted by atomic mass is 15.2. The van der Waals surface area contributed by atoms with Gasteiger partial charge in [-0.1, -0.05) is 20.8 Å². The summed E-state index contributed by atoms with van der Waals surface area (Å²) in [6, 6.07) is 0. The Balaban J connectivity index is 1.66. The van der Waals surface area contributed by atoms with Gasteiger partial charge in [0.25, 0.3) is 0 Å². The van der Waals surface area contributed by atoms with E-state index >= 15 is 0 Å². The molecule has 0 amide bonds. The molecule has 2 heteroatoms. The largest absolute Gasteiger partial charge is 0.303 e. The molecule has 0 bridgehead atoms. The lowest BCUT2D eigenvalue weighted by Gasteiger charge is -2.51. The van der Waals surface area contributed by atoms with Crippen LogP contribution in [0.2, 0.25) is 0 Å². The van der Waals surface area contributed by atoms with Crippen molar-refractivity contribution in [3.05, 3.63) is 0 Å². The molecule has 0 spiro atoms. The number of likely N-dealkylation sites (tertiary alicyclic amines) is 2. The van der Waals surface area contributed by atoms with Gasteiger partial charge in [0, 0.05) is 18.6 Å². The molecule has 0 aromatic carbocycles. The van der Waals surface area contributed by atoms with Gasteiger partial charge in [0.15, 0.2) is 0 Å². The molecule has 0 aromatic heterocycles. The smallest absolute Gasteiger partial charge is 0.0125 e. The SMILES string of the molecule is CC(C)(C)CCN1CCC(C2CN(C(C)(C)C)C2)CC1. The molecule has 2 aliphatic rings. The highest BCUT2D eigenvalue weighted by molar-refractivity contribution is 4.93. The van der Waals surface area contributed by atoms with Crippen molar-refractivity contribution in [2.24, 2.45) is 17.3 Å². The van der Waals surface area contributed by atoms with Gasteiger partial charge in [-0.15, -0.1) is 0 Å². The molecule has 2 nitrogen and oxygen atoms in total. The van der Waals surface area contributed by atoms with Gasteiger partial charge < -0.3 is 4.90 Å². The molecule has 20 heavy (non-hydrogen) atoms. The summed E-state index contributed by atoms with van der Waals surface area (Å²) in [6.07, 6.45) is 4.21. The second-order valence-electron chi connectivity index (χ2n) is 9.33. The first kappa shape index (κ1) is 16.3. The minimum absolute atomic E-state index is 0.379. The number of hydrogen-bond donors (Lipinski definition) is 0. The third kappa shape index (κ3) is 4.46. The van der Waals surface area contributed by atoms with Crippen molar-refractivity contribution in [2.45, 2.75) is 66.3 Å². The van der Waals surface area contributed by atoms with Crippen LogP contribution in [0.15, 0.2) is 0 Å². The predicted molar refractivity (Wildman–Crippen MR) is 88.1 cm³/mol. The van der Waals surface area contributed by atoms with Gasteiger partial charge in [0.05, 0.1) is 0 Å². The molecule has 2 fully saturated rings. The molecule has 2 saturated heterocycles. The molecule has 0 aliphatic carbocycles. The molecular weight excluding hydrogens is 244 g/mol. The third-order valence-corrected chi connectivity index (χ3v) is 5.34. The highest BCUT2D eigenvalue weighted by Gasteiger charge is 2.39. The van der Waals surface area contributed by atoms with E-state index in [0.29, 0.717) is 11.0 Å². The van der Waals surface area contributed by atoms with E-state index in [1.54, 1.807) is 0 Å². The average Bonchev–Trinajstić information content (AvgIpc) is 2.23. The lowest BCUT2D eigenvalue weighted by Crippen LogP contribution is -2.58. The molecule has 0 aromatic rings. The molecule has 0 atom stereocenters. The maximum Gasteiger partial charge on any atom is 0.0125 e. The Morgan fingerprint density at radius 2 is 1.40 bits per heavy atom. The lowest BCUT2D eigenvalue weighted by molar-refractivity contribution is -0.0278. The van der Waals surface area contributed by atoms with Crippen LogP contribution in [0.4, 0.5) is 0 Å². The minimum atomic E-state index is 0.379. The molecule has 0 unspecified atom stereocenters. The van der Waals surface area contributed by atoms with Gasteiger partial charge >= 0.3 is 0 Å². The van der Waals surface area contributed by atoms with E-state index in [1.165, 1.54) is 52.0 Å². The first-order chi connectivity index (χ1) is 9.15. The fourth-order valence-electron chi connectivity index (χ4n) is 3.50. The third-order valence-electron chi connectivity index (χ3n) is 5.34. The van der Waals surface area contributed by atoms with Crippen LogP contribution in [0.1, 0.15) is 60.8 Å². The van der Waals surface area contributed by atoms with E-state index in [1.807, 2.05) is 0 Å². The maximum atomic E-state index is 2.70. The fourth-order valence-corrected chi connectivity index (χ4v) is 3.50. The van der Waals surface area contributed by atoms with Crippen LogP contribution in [0.5, 0.6) is 0 Å². The molecule has 0 N–H and O–H groups in total. The van der Waals surface area contributed by atoms with E-state index in [4.69, 9.17) is 0 Å². The van der Waals surface area contributed by atoms with Crippen LogP contribution in [0.25, 0.3) is 0 Å². The van der Waals surface area contributed by atoms with Crippen molar-refractivity contribution in [1.29, 1.82) is 0 Å². The monoisotopic (exact) mass is 280 g/mol. The summed E-state index contributed by atoms with van der Waals surface area (Å²) in [4.78, 5) is 5.34. The Labute approximate surface area is 126 Å². The van der Waals surface area contributed by atoms with Crippen molar-refractivity contribution in [2.75, 3.05) is 32.7 Å². The summed E-state index contributed by atoms with van der Waals surface area (Å²) >= 11 is 0. The maximum absolute atomic E-state index is 2.70. The van der Waals surface area contributed by atoms with E-state index in [-0.39, 0.29) is 0 Å². The zero-order valence-corrected chi connectivity index (χ0v) is 14.7. The van der Waals surface area contributed by atoms with E-state index in [0.717, 1.165) is 11.8 Å². The summed E-state index contributed by atoms with van der Waals surface area (Å²) in [7, 11) is 0. The molecule has 0 saturated carbocycles. The molecule has 2 aliphatic heterocycles. The number of piperidine rings is 1. The molecule has 2 rings (SSSR count). The van der Waals surface area contributed by atoms with Crippen LogP contribution < -0.4 is 0 Å². The van der Waals surface area contributed by atoms with E-state index in [9.17, 15) is 0 Å². The topological polar surface area (TPSA) is 6.48 Å². The molecular formula is C18H36N2. The zero-order chi connectivity index (χ0) is 15.0. The Bertz CT molecular complexity index is 296. The van der Waals surface area contributed by atoms with Crippen molar-refractivity contribution in [3.8, 4) is 0 Å². The van der Waals surface area contributed by atoms with Crippen molar-refractivity contribution in [1.82, 2.24) is 9.80 Å². The average molecular weight is 281 g/mol. The molecule has 2 heterocycles. The Kier molecular flexibility index (Phi) is 4.86. The first-order valence-electron chi connectivity index (χ1n) is 8.62. The summed E-state index contributed by atoms with van der Waals surface area (Å²) in [5.74, 6) is 1.98. The van der Waals surface area contributed by atoms with E-state index in [2.05, 4.69) is 51.3 Å². The van der Waals surface area contributed by atoms with Gasteiger partial charge in [0.1, 0.15) is 0 Å². The summed E-state index contributed by atoms with van der Waals surface area (Å²) in [5, 5.41) is 0. The minimum Gasteiger partial charge on any atom is -0.303 e. The Hall–Kier alpha value is -0.0800. The van der Waals surface area contributed by atoms with Crippen LogP contribution >= 0.6 is 0 Å². The van der Waals surface area contributed by atoms with Crippen LogP contribution in [0.3, 0.4) is 0 Å². The summed E-state index contributed by atoms with van der Waals surface area (Å²) in [5.41, 5.74) is 0.863. The van der Waals surface area contributed by atoms with Gasteiger partial charge in [-0.05, 0) is 76.9 Å². The van der Waals surface area contributed by atoms with Crippen molar-refractivity contribution < 1.29 is 0 Å². The first-order valence-corrected chi connectivity index (χ1v) is 8.62. The van der Waals surface area contributed by atoms with Crippen molar-refractivity contribution >= 4 is 0 Å². The lowest BCUT2D eigenvalue weighted by atomic mass is 9.77. The normalized spacial score (nSPS) is 24.9. The number of hydrogen-bond acceptors (Lipinski definition) is 2. The summed E-state index contributed by atoms with van der Waals surface area (Å²) in [6.45, 7) is 20.8. The Morgan fingerprint density at radius 1 is 0.850 bits per heavy atom. The predicted octanol–water partition coefficient (Wildman–Crippen LogP) is 3.86. The fraction of sp³-hybridized carbons (Fsp3) is 1.00. The van der Waals surface area contributed by atoms with Crippen molar-refractivity contribution in [3.63, 3.8) is 0 Å². The standard InChI is InChI=1S/C18H36N2/c1-17(2,3)9-12-19-10-7-15(8-11-19)16-13-20(14-16)18(4,5)6/h15-16H,7-14H2,1-6H3. The highest BCUT2D eigenvalue weighted by Crippen LogP contribution is 2.35. The van der Waals surface area contributed by atoms with Gasteiger partial charge in [0.2, 0.25) is 0 Å². The van der Waals surface area contributed by atoms with E-state index < -0.39 is 0 Å². The Morgan fingerprint density at radius 3 is 1.85 bits per heavy atom. The summed E-state index contributed by atoms with van der Waals surface area (Å²) < 4.78 is 0. The van der Waals surface area contributed by atoms with Gasteiger partial charge in [-0.2, -0.15) is 0 Å². The quantitative estimate of drug-likeness (QED) is 0.774. The second kappa shape index (κ2) is 5.96. The van der Waals surface area contributed by atoms with Crippen LogP contribution in [-0.2, 0) is 0 Å². The molecule has 118 valence electrons. The number of nitrogens with zero attached hydrogens (tertiary/aromatic N) is 2. The zero-order valence-electron chi connectivity index (χ0n) is 14.7. The number of rotatable bonds is 3. The van der Waals surface area contributed by atoms with Gasteiger partial charge in [-0.25, -0.2) is 0 Å².